The summed E-state index contributed by atoms with van der Waals surface area (Å²) in [5.74, 6) is 2.79. The summed E-state index contributed by atoms with van der Waals surface area (Å²) in [6.45, 7) is 14.1. The van der Waals surface area contributed by atoms with Crippen LogP contribution in [0.5, 0.6) is 0 Å². The molecule has 2 bridgehead atoms. The smallest absolute Gasteiger partial charge is 0.0798 e. The third-order valence-electron chi connectivity index (χ3n) is 11.8. The summed E-state index contributed by atoms with van der Waals surface area (Å²) in [5, 5.41) is 4.12. The molecule has 5 heteroatoms. The van der Waals surface area contributed by atoms with Gasteiger partial charge in [-0.1, -0.05) is 118 Å². The quantitative estimate of drug-likeness (QED) is 0.118. The number of benzene rings is 4. The molecule has 0 amide bonds. The van der Waals surface area contributed by atoms with Gasteiger partial charge in [-0.25, -0.2) is 0 Å². The number of hydrogen-bond donors (Lipinski definition) is 0. The molecule has 10 rings (SSSR count). The van der Waals surface area contributed by atoms with E-state index in [0.29, 0.717) is 0 Å². The fourth-order valence-electron chi connectivity index (χ4n) is 9.14. The van der Waals surface area contributed by atoms with Crippen molar-refractivity contribution in [1.29, 1.82) is 0 Å². The predicted molar refractivity (Wildman–Crippen MR) is 239 cm³/mol. The van der Waals surface area contributed by atoms with E-state index >= 15 is 0 Å². The van der Waals surface area contributed by atoms with Gasteiger partial charge in [-0.05, 0) is 111 Å². The van der Waals surface area contributed by atoms with E-state index in [2.05, 4.69) is 144 Å². The molecule has 1 radical (unpaired) electrons. The summed E-state index contributed by atoms with van der Waals surface area (Å²) in [6.07, 6.45) is 13.7. The van der Waals surface area contributed by atoms with Gasteiger partial charge in [-0.2, -0.15) is 11.3 Å². The molecule has 1 atom stereocenters. The number of hydrogen-bond acceptors (Lipinski definition) is 3. The number of nitrogens with zero attached hydrogens (tertiary/aromatic N) is 2. The standard InChI is InChI=1S/C32H28NS.C19H26NSi.Ir/c1-2-5-23(6-3-1)25-13-14-31-29(20-25)27-7-4-8-28(32(27)34-31)30-19-22(15-16-33-30)18-26-17-21-9-11-24(26)12-10-21;1-19(2,3)13-16-12-17(15-10-8-7-9-11-15)20-14-18(16)21(4,5)6;/h1-7,13-16,19-21,24,26H,9-12,17-18H2;7-10,12,14H,13H2,1-6H3;/q2*-1;. The fourth-order valence-corrected chi connectivity index (χ4v) is 11.9. The maximum atomic E-state index is 4.81. The normalized spacial score (nSPS) is 18.0. The summed E-state index contributed by atoms with van der Waals surface area (Å²) in [5.41, 5.74) is 10.1. The van der Waals surface area contributed by atoms with E-state index < -0.39 is 8.07 Å². The van der Waals surface area contributed by atoms with Crippen LogP contribution in [-0.2, 0) is 32.9 Å². The summed E-state index contributed by atoms with van der Waals surface area (Å²) < 4.78 is 2.62. The largest absolute Gasteiger partial charge is 0.305 e. The minimum atomic E-state index is -1.37. The van der Waals surface area contributed by atoms with Crippen LogP contribution in [0.2, 0.25) is 19.6 Å². The predicted octanol–water partition coefficient (Wildman–Crippen LogP) is 13.6. The third kappa shape index (κ3) is 9.18. The average molecular weight is 947 g/mol. The Bertz CT molecular complexity index is 2400. The first-order valence-corrected chi connectivity index (χ1v) is 24.6. The van der Waals surface area contributed by atoms with Crippen molar-refractivity contribution in [1.82, 2.24) is 9.97 Å². The van der Waals surface area contributed by atoms with Gasteiger partial charge >= 0.3 is 0 Å². The molecule has 4 aromatic carbocycles. The van der Waals surface area contributed by atoms with Crippen molar-refractivity contribution in [3.63, 3.8) is 0 Å². The first kappa shape index (κ1) is 40.5. The molecule has 3 fully saturated rings. The fraction of sp³-hybridized carbons (Fsp3) is 0.333. The maximum absolute atomic E-state index is 4.81. The molecule has 0 N–H and O–H groups in total. The molecule has 3 heterocycles. The number of thiophene rings is 1. The Balaban J connectivity index is 0.000000190. The second-order valence-corrected chi connectivity index (χ2v) is 24.4. The Morgan fingerprint density at radius 3 is 2.23 bits per heavy atom. The van der Waals surface area contributed by atoms with Crippen molar-refractivity contribution in [3.8, 4) is 33.6 Å². The molecule has 7 aromatic rings. The van der Waals surface area contributed by atoms with E-state index in [1.807, 2.05) is 35.7 Å². The van der Waals surface area contributed by atoms with Crippen molar-refractivity contribution in [3.05, 3.63) is 139 Å². The van der Waals surface area contributed by atoms with Gasteiger partial charge in [-0.15, -0.1) is 59.7 Å². The van der Waals surface area contributed by atoms with Gasteiger partial charge in [0.15, 0.2) is 0 Å². The molecule has 3 saturated carbocycles. The zero-order chi connectivity index (χ0) is 38.2. The monoisotopic (exact) mass is 947 g/mol. The van der Waals surface area contributed by atoms with Gasteiger partial charge in [0, 0.05) is 37.2 Å². The molecule has 3 aliphatic rings. The summed E-state index contributed by atoms with van der Waals surface area (Å²) in [4.78, 5) is 9.52. The second kappa shape index (κ2) is 17.0. The van der Waals surface area contributed by atoms with Gasteiger partial charge in [0.2, 0.25) is 0 Å². The summed E-state index contributed by atoms with van der Waals surface area (Å²) in [7, 11) is -1.37. The van der Waals surface area contributed by atoms with Crippen LogP contribution in [0.15, 0.2) is 116 Å². The molecule has 0 saturated heterocycles. The van der Waals surface area contributed by atoms with Crippen LogP contribution in [0.3, 0.4) is 0 Å². The molecule has 3 aromatic heterocycles. The third-order valence-corrected chi connectivity index (χ3v) is 15.1. The topological polar surface area (TPSA) is 25.8 Å². The van der Waals surface area contributed by atoms with Gasteiger partial charge in [-0.3, -0.25) is 0 Å². The van der Waals surface area contributed by atoms with Gasteiger partial charge in [0.25, 0.3) is 0 Å². The molecule has 1 unspecified atom stereocenters. The van der Waals surface area contributed by atoms with Crippen molar-refractivity contribution in [2.24, 2.45) is 23.2 Å². The van der Waals surface area contributed by atoms with Crippen LogP contribution >= 0.6 is 11.3 Å². The molecule has 56 heavy (non-hydrogen) atoms. The molecule has 289 valence electrons. The van der Waals surface area contributed by atoms with Crippen LogP contribution in [0.4, 0.5) is 0 Å². The second-order valence-electron chi connectivity index (χ2n) is 18.3. The first-order chi connectivity index (χ1) is 26.5. The number of pyridine rings is 2. The van der Waals surface area contributed by atoms with Gasteiger partial charge in [0.05, 0.1) is 8.07 Å². The average Bonchev–Trinajstić information content (AvgIpc) is 3.57. The molecular weight excluding hydrogens is 893 g/mol. The van der Waals surface area contributed by atoms with Crippen LogP contribution < -0.4 is 5.19 Å². The Labute approximate surface area is 353 Å². The van der Waals surface area contributed by atoms with Crippen molar-refractivity contribution >= 4 is 44.8 Å². The van der Waals surface area contributed by atoms with Crippen LogP contribution in [0.25, 0.3) is 53.8 Å². The van der Waals surface area contributed by atoms with Crippen molar-refractivity contribution in [2.45, 2.75) is 85.4 Å². The zero-order valence-corrected chi connectivity index (χ0v) is 38.0. The minimum absolute atomic E-state index is 0. The van der Waals surface area contributed by atoms with Crippen LogP contribution in [0.1, 0.15) is 64.0 Å². The molecule has 0 aliphatic heterocycles. The molecule has 0 spiro atoms. The Morgan fingerprint density at radius 2 is 1.54 bits per heavy atom. The van der Waals surface area contributed by atoms with E-state index in [0.717, 1.165) is 46.7 Å². The van der Waals surface area contributed by atoms with E-state index in [9.17, 15) is 0 Å². The van der Waals surface area contributed by atoms with Gasteiger partial charge < -0.3 is 9.97 Å². The summed E-state index contributed by atoms with van der Waals surface area (Å²) in [6, 6.07) is 43.6. The summed E-state index contributed by atoms with van der Waals surface area (Å²) >= 11 is 1.87. The first-order valence-electron chi connectivity index (χ1n) is 20.3. The van der Waals surface area contributed by atoms with E-state index in [1.165, 1.54) is 86.1 Å². The maximum Gasteiger partial charge on any atom is 0.0798 e. The van der Waals surface area contributed by atoms with Gasteiger partial charge in [0.1, 0.15) is 0 Å². The Morgan fingerprint density at radius 1 is 0.750 bits per heavy atom. The number of aromatic nitrogens is 2. The van der Waals surface area contributed by atoms with Crippen LogP contribution in [0, 0.1) is 35.3 Å². The van der Waals surface area contributed by atoms with E-state index in [-0.39, 0.29) is 25.5 Å². The van der Waals surface area contributed by atoms with Crippen LogP contribution in [-0.4, -0.2) is 18.0 Å². The Hall–Kier alpha value is -3.73. The Kier molecular flexibility index (Phi) is 12.3. The molecular formula is C51H54IrN2SSi-2. The van der Waals surface area contributed by atoms with E-state index in [1.54, 1.807) is 0 Å². The van der Waals surface area contributed by atoms with Crippen molar-refractivity contribution in [2.75, 3.05) is 0 Å². The molecule has 2 nitrogen and oxygen atoms in total. The van der Waals surface area contributed by atoms with Crippen molar-refractivity contribution < 1.29 is 20.1 Å². The zero-order valence-electron chi connectivity index (χ0n) is 33.8. The SMILES string of the molecule is CC(C)(C)Cc1cc(-c2[c-]cccc2)ncc1[Si](C)(C)C.[Ir].[c-]1ccc2c(sc3ccc(-c4ccccc4)cc32)c1-c1cc(CC2CC3CCC2CC3)ccn1. The number of rotatable bonds is 7. The minimum Gasteiger partial charge on any atom is -0.305 e. The number of fused-ring (bicyclic) bond motifs is 6. The molecule has 3 aliphatic carbocycles. The van der Waals surface area contributed by atoms with E-state index in [4.69, 9.17) is 9.97 Å².